The molecule has 1 heterocycles. The average Bonchev–Trinajstić information content (AvgIpc) is 2.96. The summed E-state index contributed by atoms with van der Waals surface area (Å²) in [5, 5.41) is 2.97. The molecule has 124 valence electrons. The standard InChI is InChI=1S/C19H20BrN3O/c1-2-23-17-7-4-3-6-16(17)22-18(23)8-5-13-21-19(24)14-9-11-15(20)12-10-14/h3-4,6-7,9-12H,2,5,8,13H2,1H3,(H,21,24). The fraction of sp³-hybridized carbons (Fsp3) is 0.263. The number of hydrogen-bond donors (Lipinski definition) is 1. The summed E-state index contributed by atoms with van der Waals surface area (Å²) in [6.07, 6.45) is 1.72. The molecular weight excluding hydrogens is 366 g/mol. The molecule has 2 aromatic carbocycles. The van der Waals surface area contributed by atoms with Crippen molar-refractivity contribution in [3.8, 4) is 0 Å². The molecule has 3 rings (SSSR count). The molecule has 0 aliphatic rings. The second kappa shape index (κ2) is 7.62. The first kappa shape index (κ1) is 16.7. The van der Waals surface area contributed by atoms with Crippen molar-refractivity contribution < 1.29 is 4.79 Å². The van der Waals surface area contributed by atoms with Crippen LogP contribution in [-0.4, -0.2) is 22.0 Å². The number of para-hydroxylation sites is 2. The summed E-state index contributed by atoms with van der Waals surface area (Å²) in [7, 11) is 0. The first-order valence-corrected chi connectivity index (χ1v) is 8.96. The molecule has 3 aromatic rings. The number of carbonyl (C=O) groups is 1. The predicted molar refractivity (Wildman–Crippen MR) is 100 cm³/mol. The van der Waals surface area contributed by atoms with Crippen LogP contribution in [0.5, 0.6) is 0 Å². The smallest absolute Gasteiger partial charge is 0.251 e. The molecular formula is C19H20BrN3O. The molecule has 0 bridgehead atoms. The number of hydrogen-bond acceptors (Lipinski definition) is 2. The predicted octanol–water partition coefficient (Wildman–Crippen LogP) is 4.18. The van der Waals surface area contributed by atoms with E-state index in [2.05, 4.69) is 38.8 Å². The van der Waals surface area contributed by atoms with Gasteiger partial charge in [0.25, 0.3) is 5.91 Å². The van der Waals surface area contributed by atoms with Crippen molar-refractivity contribution in [1.29, 1.82) is 0 Å². The Morgan fingerprint density at radius 2 is 1.92 bits per heavy atom. The van der Waals surface area contributed by atoms with Crippen molar-refractivity contribution in [2.24, 2.45) is 0 Å². The van der Waals surface area contributed by atoms with Gasteiger partial charge in [0.15, 0.2) is 0 Å². The van der Waals surface area contributed by atoms with Gasteiger partial charge in [-0.1, -0.05) is 28.1 Å². The first-order chi connectivity index (χ1) is 11.7. The van der Waals surface area contributed by atoms with Crippen LogP contribution in [0, 0.1) is 0 Å². The minimum absolute atomic E-state index is 0.0357. The van der Waals surface area contributed by atoms with E-state index in [1.165, 1.54) is 5.52 Å². The quantitative estimate of drug-likeness (QED) is 0.646. The normalized spacial score (nSPS) is 10.9. The highest BCUT2D eigenvalue weighted by Gasteiger charge is 2.09. The molecule has 24 heavy (non-hydrogen) atoms. The molecule has 0 aliphatic carbocycles. The monoisotopic (exact) mass is 385 g/mol. The van der Waals surface area contributed by atoms with Crippen molar-refractivity contribution in [1.82, 2.24) is 14.9 Å². The Bertz CT molecular complexity index is 839. The molecule has 0 spiro atoms. The average molecular weight is 386 g/mol. The number of halogens is 1. The van der Waals surface area contributed by atoms with Crippen molar-refractivity contribution in [2.45, 2.75) is 26.3 Å². The highest BCUT2D eigenvalue weighted by atomic mass is 79.9. The summed E-state index contributed by atoms with van der Waals surface area (Å²) in [4.78, 5) is 16.8. The third kappa shape index (κ3) is 3.67. The van der Waals surface area contributed by atoms with E-state index in [9.17, 15) is 4.79 Å². The minimum Gasteiger partial charge on any atom is -0.352 e. The van der Waals surface area contributed by atoms with Gasteiger partial charge in [0.05, 0.1) is 11.0 Å². The number of aryl methyl sites for hydroxylation is 2. The number of carbonyl (C=O) groups excluding carboxylic acids is 1. The van der Waals surface area contributed by atoms with Crippen LogP contribution in [-0.2, 0) is 13.0 Å². The molecule has 0 unspecified atom stereocenters. The Hall–Kier alpha value is -2.14. The zero-order valence-electron chi connectivity index (χ0n) is 13.6. The number of imidazole rings is 1. The fourth-order valence-electron chi connectivity index (χ4n) is 2.82. The van der Waals surface area contributed by atoms with Gasteiger partial charge in [-0.25, -0.2) is 4.98 Å². The zero-order chi connectivity index (χ0) is 16.9. The molecule has 0 atom stereocenters. The molecule has 1 amide bonds. The number of amides is 1. The Morgan fingerprint density at radius 1 is 1.17 bits per heavy atom. The largest absolute Gasteiger partial charge is 0.352 e. The van der Waals surface area contributed by atoms with Gasteiger partial charge < -0.3 is 9.88 Å². The van der Waals surface area contributed by atoms with Crippen LogP contribution >= 0.6 is 15.9 Å². The van der Waals surface area contributed by atoms with E-state index < -0.39 is 0 Å². The van der Waals surface area contributed by atoms with Gasteiger partial charge in [-0.15, -0.1) is 0 Å². The van der Waals surface area contributed by atoms with Crippen LogP contribution in [0.15, 0.2) is 53.0 Å². The Kier molecular flexibility index (Phi) is 5.30. The SMILES string of the molecule is CCn1c(CCCNC(=O)c2ccc(Br)cc2)nc2ccccc21. The van der Waals surface area contributed by atoms with Crippen LogP contribution in [0.4, 0.5) is 0 Å². The lowest BCUT2D eigenvalue weighted by Crippen LogP contribution is -2.24. The van der Waals surface area contributed by atoms with Gasteiger partial charge in [-0.05, 0) is 49.7 Å². The first-order valence-electron chi connectivity index (χ1n) is 8.17. The van der Waals surface area contributed by atoms with Gasteiger partial charge in [0.1, 0.15) is 5.82 Å². The molecule has 0 radical (unpaired) electrons. The van der Waals surface area contributed by atoms with Crippen molar-refractivity contribution in [3.05, 3.63) is 64.4 Å². The molecule has 0 aliphatic heterocycles. The summed E-state index contributed by atoms with van der Waals surface area (Å²) >= 11 is 3.37. The van der Waals surface area contributed by atoms with Gasteiger partial charge in [0, 0.05) is 29.5 Å². The Balaban J connectivity index is 1.57. The molecule has 1 aromatic heterocycles. The maximum absolute atomic E-state index is 12.1. The van der Waals surface area contributed by atoms with E-state index in [4.69, 9.17) is 4.98 Å². The van der Waals surface area contributed by atoms with E-state index in [-0.39, 0.29) is 5.91 Å². The molecule has 0 saturated heterocycles. The summed E-state index contributed by atoms with van der Waals surface area (Å²) in [5.74, 6) is 1.04. The third-order valence-electron chi connectivity index (χ3n) is 4.02. The fourth-order valence-corrected chi connectivity index (χ4v) is 3.09. The maximum atomic E-state index is 12.1. The lowest BCUT2D eigenvalue weighted by Gasteiger charge is -2.07. The van der Waals surface area contributed by atoms with Crippen LogP contribution in [0.3, 0.4) is 0 Å². The number of fused-ring (bicyclic) bond motifs is 1. The van der Waals surface area contributed by atoms with Gasteiger partial charge >= 0.3 is 0 Å². The molecule has 4 nitrogen and oxygen atoms in total. The van der Waals surface area contributed by atoms with Crippen molar-refractivity contribution in [3.63, 3.8) is 0 Å². The Morgan fingerprint density at radius 3 is 2.67 bits per heavy atom. The van der Waals surface area contributed by atoms with Crippen molar-refractivity contribution >= 4 is 32.9 Å². The van der Waals surface area contributed by atoms with E-state index in [0.29, 0.717) is 12.1 Å². The summed E-state index contributed by atoms with van der Waals surface area (Å²) in [5.41, 5.74) is 2.89. The van der Waals surface area contributed by atoms with Crippen LogP contribution in [0.1, 0.15) is 29.5 Å². The van der Waals surface area contributed by atoms with Gasteiger partial charge in [-0.2, -0.15) is 0 Å². The highest BCUT2D eigenvalue weighted by molar-refractivity contribution is 9.10. The highest BCUT2D eigenvalue weighted by Crippen LogP contribution is 2.17. The second-order valence-electron chi connectivity index (χ2n) is 5.63. The third-order valence-corrected chi connectivity index (χ3v) is 4.55. The number of nitrogens with one attached hydrogen (secondary N) is 1. The van der Waals surface area contributed by atoms with E-state index in [1.54, 1.807) is 0 Å². The number of benzene rings is 2. The lowest BCUT2D eigenvalue weighted by atomic mass is 10.2. The van der Waals surface area contributed by atoms with Crippen molar-refractivity contribution in [2.75, 3.05) is 6.54 Å². The summed E-state index contributed by atoms with van der Waals surface area (Å²) in [6.45, 7) is 3.68. The van der Waals surface area contributed by atoms with E-state index >= 15 is 0 Å². The van der Waals surface area contributed by atoms with Crippen LogP contribution in [0.2, 0.25) is 0 Å². The van der Waals surface area contributed by atoms with Gasteiger partial charge in [-0.3, -0.25) is 4.79 Å². The zero-order valence-corrected chi connectivity index (χ0v) is 15.2. The molecule has 5 heteroatoms. The molecule has 1 N–H and O–H groups in total. The number of aromatic nitrogens is 2. The summed E-state index contributed by atoms with van der Waals surface area (Å²) < 4.78 is 3.21. The topological polar surface area (TPSA) is 46.9 Å². The lowest BCUT2D eigenvalue weighted by molar-refractivity contribution is 0.0953. The second-order valence-corrected chi connectivity index (χ2v) is 6.54. The Labute approximate surface area is 150 Å². The van der Waals surface area contributed by atoms with Gasteiger partial charge in [0.2, 0.25) is 0 Å². The summed E-state index contributed by atoms with van der Waals surface area (Å²) in [6, 6.07) is 15.6. The number of nitrogens with zero attached hydrogens (tertiary/aromatic N) is 2. The maximum Gasteiger partial charge on any atom is 0.251 e. The van der Waals surface area contributed by atoms with Crippen LogP contribution in [0.25, 0.3) is 11.0 Å². The van der Waals surface area contributed by atoms with E-state index in [0.717, 1.165) is 35.2 Å². The minimum atomic E-state index is -0.0357. The molecule has 0 saturated carbocycles. The van der Waals surface area contributed by atoms with E-state index in [1.807, 2.05) is 42.5 Å². The van der Waals surface area contributed by atoms with Crippen LogP contribution < -0.4 is 5.32 Å². The number of rotatable bonds is 6. The molecule has 0 fully saturated rings.